The van der Waals surface area contributed by atoms with Crippen molar-refractivity contribution < 1.29 is 0 Å². The van der Waals surface area contributed by atoms with Gasteiger partial charge in [-0.15, -0.1) is 0 Å². The molecule has 1 aromatic carbocycles. The first kappa shape index (κ1) is 10.8. The van der Waals surface area contributed by atoms with Gasteiger partial charge < -0.3 is 0 Å². The molecule has 0 aliphatic heterocycles. The van der Waals surface area contributed by atoms with Crippen LogP contribution >= 0.6 is 23.5 Å². The molecule has 1 rings (SSSR count). The lowest BCUT2D eigenvalue weighted by molar-refractivity contribution is 1.28. The van der Waals surface area contributed by atoms with Crippen LogP contribution in [0.3, 0.4) is 0 Å². The van der Waals surface area contributed by atoms with Gasteiger partial charge in [0.1, 0.15) is 0 Å². The molecule has 1 nitrogen and oxygen atoms in total. The van der Waals surface area contributed by atoms with Crippen LogP contribution in [0.5, 0.6) is 0 Å². The largest absolute Gasteiger partial charge is 0.263 e. The van der Waals surface area contributed by atoms with Crippen molar-refractivity contribution >= 4 is 23.5 Å². The minimum absolute atomic E-state index is 0. The van der Waals surface area contributed by atoms with Gasteiger partial charge in [0, 0.05) is 9.92 Å². The second-order valence-corrected chi connectivity index (χ2v) is 3.28. The lowest BCUT2D eigenvalue weighted by Crippen LogP contribution is -1.89. The molecule has 11 heavy (non-hydrogen) atoms. The van der Waals surface area contributed by atoms with E-state index in [4.69, 9.17) is 11.6 Å². The molecular weight excluding hydrogens is 178 g/mol. The molecule has 3 heteroatoms. The standard InChI is InChI=1S/C7H8ClNS.CH4/c1-9-10-7-4-2-6(8)3-5-7;/h2-5,9H,1H3;1H4. The SMILES string of the molecule is C.CNSc1ccc(Cl)cc1. The van der Waals surface area contributed by atoms with Gasteiger partial charge in [-0.1, -0.05) is 19.0 Å². The highest BCUT2D eigenvalue weighted by molar-refractivity contribution is 7.97. The van der Waals surface area contributed by atoms with Crippen LogP contribution < -0.4 is 4.72 Å². The maximum Gasteiger partial charge on any atom is 0.0406 e. The minimum atomic E-state index is 0. The quantitative estimate of drug-likeness (QED) is 0.718. The van der Waals surface area contributed by atoms with Gasteiger partial charge in [-0.05, 0) is 43.3 Å². The van der Waals surface area contributed by atoms with E-state index in [2.05, 4.69) is 4.72 Å². The van der Waals surface area contributed by atoms with Crippen LogP contribution in [-0.4, -0.2) is 7.05 Å². The smallest absolute Gasteiger partial charge is 0.0406 e. The molecule has 0 aliphatic rings. The van der Waals surface area contributed by atoms with E-state index in [1.54, 1.807) is 11.9 Å². The number of hydrogen-bond acceptors (Lipinski definition) is 2. The summed E-state index contributed by atoms with van der Waals surface area (Å²) in [6.07, 6.45) is 0. The van der Waals surface area contributed by atoms with Crippen LogP contribution in [0, 0.1) is 0 Å². The molecule has 0 saturated heterocycles. The maximum atomic E-state index is 5.68. The summed E-state index contributed by atoms with van der Waals surface area (Å²) in [5.41, 5.74) is 0. The van der Waals surface area contributed by atoms with Crippen LogP contribution in [0.4, 0.5) is 0 Å². The maximum absolute atomic E-state index is 5.68. The van der Waals surface area contributed by atoms with Crippen molar-refractivity contribution in [2.75, 3.05) is 7.05 Å². The highest BCUT2D eigenvalue weighted by atomic mass is 35.5. The third kappa shape index (κ3) is 3.65. The fourth-order valence-electron chi connectivity index (χ4n) is 0.620. The van der Waals surface area contributed by atoms with Crippen LogP contribution in [0.1, 0.15) is 7.43 Å². The highest BCUT2D eigenvalue weighted by Gasteiger charge is 1.89. The van der Waals surface area contributed by atoms with Crippen LogP contribution in [0.25, 0.3) is 0 Å². The van der Waals surface area contributed by atoms with Crippen molar-refractivity contribution in [2.24, 2.45) is 0 Å². The number of benzene rings is 1. The van der Waals surface area contributed by atoms with Crippen LogP contribution in [-0.2, 0) is 0 Å². The molecule has 0 fully saturated rings. The zero-order valence-corrected chi connectivity index (χ0v) is 7.17. The molecule has 0 spiro atoms. The molecule has 0 heterocycles. The Morgan fingerprint density at radius 1 is 1.27 bits per heavy atom. The second kappa shape index (κ2) is 5.47. The normalized spacial score (nSPS) is 8.91. The third-order valence-corrected chi connectivity index (χ3v) is 2.00. The van der Waals surface area contributed by atoms with Crippen molar-refractivity contribution in [3.63, 3.8) is 0 Å². The van der Waals surface area contributed by atoms with Crippen LogP contribution in [0.15, 0.2) is 29.2 Å². The van der Waals surface area contributed by atoms with Gasteiger partial charge >= 0.3 is 0 Å². The van der Waals surface area contributed by atoms with Gasteiger partial charge in [-0.3, -0.25) is 4.72 Å². The predicted molar refractivity (Wildman–Crippen MR) is 53.1 cm³/mol. The van der Waals surface area contributed by atoms with Crippen molar-refractivity contribution in [3.05, 3.63) is 29.3 Å². The lowest BCUT2D eigenvalue weighted by Gasteiger charge is -1.96. The summed E-state index contributed by atoms with van der Waals surface area (Å²) < 4.78 is 2.98. The topological polar surface area (TPSA) is 12.0 Å². The number of hydrogen-bond donors (Lipinski definition) is 1. The number of nitrogens with one attached hydrogen (secondary N) is 1. The molecule has 0 aliphatic carbocycles. The molecule has 0 amide bonds. The summed E-state index contributed by atoms with van der Waals surface area (Å²) >= 11 is 7.26. The van der Waals surface area contributed by atoms with E-state index < -0.39 is 0 Å². The summed E-state index contributed by atoms with van der Waals surface area (Å²) in [4.78, 5) is 1.17. The fourth-order valence-corrected chi connectivity index (χ4v) is 1.25. The van der Waals surface area contributed by atoms with Gasteiger partial charge in [0.2, 0.25) is 0 Å². The molecule has 1 N–H and O–H groups in total. The summed E-state index contributed by atoms with van der Waals surface area (Å²) in [5.74, 6) is 0. The second-order valence-electron chi connectivity index (χ2n) is 1.76. The van der Waals surface area contributed by atoms with E-state index >= 15 is 0 Å². The Morgan fingerprint density at radius 2 is 1.82 bits per heavy atom. The third-order valence-electron chi connectivity index (χ3n) is 1.03. The molecule has 0 unspecified atom stereocenters. The zero-order valence-electron chi connectivity index (χ0n) is 5.60. The van der Waals surface area contributed by atoms with E-state index in [9.17, 15) is 0 Å². The van der Waals surface area contributed by atoms with E-state index in [1.165, 1.54) is 4.90 Å². The molecule has 0 bridgehead atoms. The molecular formula is C8H12ClNS. The van der Waals surface area contributed by atoms with E-state index in [0.717, 1.165) is 5.02 Å². The van der Waals surface area contributed by atoms with Gasteiger partial charge in [-0.25, -0.2) is 0 Å². The van der Waals surface area contributed by atoms with E-state index in [1.807, 2.05) is 31.3 Å². The Bertz CT molecular complexity index is 198. The Labute approximate surface area is 77.3 Å². The lowest BCUT2D eigenvalue weighted by atomic mass is 10.4. The number of rotatable bonds is 2. The van der Waals surface area contributed by atoms with E-state index in [0.29, 0.717) is 0 Å². The van der Waals surface area contributed by atoms with Gasteiger partial charge in [0.15, 0.2) is 0 Å². The predicted octanol–water partition coefficient (Wildman–Crippen LogP) is 3.20. The van der Waals surface area contributed by atoms with E-state index in [-0.39, 0.29) is 7.43 Å². The molecule has 1 aromatic rings. The average molecular weight is 190 g/mol. The molecule has 0 radical (unpaired) electrons. The Kier molecular flexibility index (Phi) is 5.38. The van der Waals surface area contributed by atoms with Crippen molar-refractivity contribution in [1.82, 2.24) is 4.72 Å². The Hall–Kier alpha value is -0.180. The van der Waals surface area contributed by atoms with Gasteiger partial charge in [0.25, 0.3) is 0 Å². The summed E-state index contributed by atoms with van der Waals surface area (Å²) in [6.45, 7) is 0. The molecule has 0 saturated carbocycles. The highest BCUT2D eigenvalue weighted by Crippen LogP contribution is 2.16. The van der Waals surface area contributed by atoms with Gasteiger partial charge in [-0.2, -0.15) is 0 Å². The molecule has 0 aromatic heterocycles. The molecule has 0 atom stereocenters. The van der Waals surface area contributed by atoms with Crippen molar-refractivity contribution in [3.8, 4) is 0 Å². The zero-order chi connectivity index (χ0) is 7.40. The summed E-state index contributed by atoms with van der Waals surface area (Å²) in [5, 5.41) is 0.778. The Balaban J connectivity index is 0.000001000. The van der Waals surface area contributed by atoms with Crippen molar-refractivity contribution in [1.29, 1.82) is 0 Å². The summed E-state index contributed by atoms with van der Waals surface area (Å²) in [7, 11) is 1.89. The fraction of sp³-hybridized carbons (Fsp3) is 0.250. The first-order chi connectivity index (χ1) is 4.83. The summed E-state index contributed by atoms with van der Waals surface area (Å²) in [6, 6.07) is 7.70. The Morgan fingerprint density at radius 3 is 2.27 bits per heavy atom. The minimum Gasteiger partial charge on any atom is -0.263 e. The number of halogens is 1. The first-order valence-corrected chi connectivity index (χ1v) is 4.11. The molecule has 62 valence electrons. The van der Waals surface area contributed by atoms with Crippen LogP contribution in [0.2, 0.25) is 5.02 Å². The monoisotopic (exact) mass is 189 g/mol. The van der Waals surface area contributed by atoms with Crippen molar-refractivity contribution in [2.45, 2.75) is 12.3 Å². The first-order valence-electron chi connectivity index (χ1n) is 2.92. The average Bonchev–Trinajstić information content (AvgIpc) is 1.95. The van der Waals surface area contributed by atoms with Gasteiger partial charge in [0.05, 0.1) is 0 Å².